The second-order valence-electron chi connectivity index (χ2n) is 11.4. The molecule has 0 aliphatic heterocycles. The average molecular weight is 760 g/mol. The second-order valence-corrected chi connectivity index (χ2v) is 14.1. The monoisotopic (exact) mass is 760 g/mol. The Morgan fingerprint density at radius 3 is 0.884 bits per heavy atom. The summed E-state index contributed by atoms with van der Waals surface area (Å²) in [6.45, 7) is 4.47. The van der Waals surface area contributed by atoms with E-state index in [2.05, 4.69) is 13.8 Å². The smallest absolute Gasteiger partial charge is 0.744 e. The van der Waals surface area contributed by atoms with Crippen LogP contribution in [-0.2, 0) is 33.1 Å². The summed E-state index contributed by atoms with van der Waals surface area (Å²) in [5, 5.41) is 0. The molecule has 0 aliphatic rings. The molecule has 2 aromatic rings. The van der Waals surface area contributed by atoms with Crippen LogP contribution in [0, 0.1) is 0 Å². The third-order valence-electron chi connectivity index (χ3n) is 7.56. The van der Waals surface area contributed by atoms with Crippen LogP contribution in [0.1, 0.15) is 141 Å². The van der Waals surface area contributed by atoms with E-state index in [0.29, 0.717) is 0 Å². The van der Waals surface area contributed by atoms with Crippen molar-refractivity contribution in [2.45, 2.75) is 152 Å². The largest absolute Gasteiger partial charge is 2.00 e. The predicted octanol–water partition coefficient (Wildman–Crippen LogP) is 8.95. The third kappa shape index (κ3) is 22.9. The summed E-state index contributed by atoms with van der Waals surface area (Å²) in [5.41, 5.74) is 2.20. The minimum Gasteiger partial charge on any atom is -0.744 e. The van der Waals surface area contributed by atoms with Crippen molar-refractivity contribution in [3.8, 4) is 0 Å². The van der Waals surface area contributed by atoms with Gasteiger partial charge in [0.15, 0.2) is 0 Å². The van der Waals surface area contributed by atoms with Crippen molar-refractivity contribution in [2.75, 3.05) is 0 Å². The summed E-state index contributed by atoms with van der Waals surface area (Å²) in [5.74, 6) is 0. The van der Waals surface area contributed by atoms with Gasteiger partial charge >= 0.3 is 48.9 Å². The average Bonchev–Trinajstić information content (AvgIpc) is 2.95. The number of rotatable bonds is 22. The molecular formula is C34H54BaO6S2. The Morgan fingerprint density at radius 1 is 0.419 bits per heavy atom. The summed E-state index contributed by atoms with van der Waals surface area (Å²) in [7, 11) is -8.62. The van der Waals surface area contributed by atoms with Gasteiger partial charge in [0.05, 0.1) is 9.79 Å². The second kappa shape index (κ2) is 26.0. The van der Waals surface area contributed by atoms with E-state index in [1.54, 1.807) is 24.3 Å². The number of benzene rings is 2. The van der Waals surface area contributed by atoms with Crippen LogP contribution in [-0.4, -0.2) is 74.8 Å². The van der Waals surface area contributed by atoms with Crippen molar-refractivity contribution in [1.29, 1.82) is 0 Å². The molecule has 0 atom stereocenters. The van der Waals surface area contributed by atoms with Crippen LogP contribution in [0.15, 0.2) is 58.3 Å². The number of hydrogen-bond acceptors (Lipinski definition) is 6. The standard InChI is InChI=1S/2C17H28O3S.Ba/c2*1-2-3-4-5-6-7-8-9-10-11-16-12-14-17(15-13-16)21(18,19)20;/h2*12-15H,2-11H2,1H3,(H,18,19,20);/q;;+2/p-2. The normalized spacial score (nSPS) is 11.4. The van der Waals surface area contributed by atoms with E-state index >= 15 is 0 Å². The molecule has 9 heteroatoms. The first-order valence-corrected chi connectivity index (χ1v) is 19.0. The van der Waals surface area contributed by atoms with Gasteiger partial charge in [-0.1, -0.05) is 141 Å². The van der Waals surface area contributed by atoms with Crippen LogP contribution in [0.5, 0.6) is 0 Å². The van der Waals surface area contributed by atoms with Crippen LogP contribution >= 0.6 is 0 Å². The van der Waals surface area contributed by atoms with Gasteiger partial charge in [0.1, 0.15) is 20.2 Å². The Kier molecular flexibility index (Phi) is 25.9. The molecule has 0 N–H and O–H groups in total. The Morgan fingerprint density at radius 2 is 0.651 bits per heavy atom. The Bertz CT molecular complexity index is 1050. The first-order chi connectivity index (χ1) is 20.1. The summed E-state index contributed by atoms with van der Waals surface area (Å²) in [4.78, 5) is -0.281. The molecule has 0 radical (unpaired) electrons. The van der Waals surface area contributed by atoms with E-state index < -0.39 is 20.2 Å². The number of unbranched alkanes of at least 4 members (excludes halogenated alkanes) is 16. The Balaban J connectivity index is 0.000000802. The van der Waals surface area contributed by atoms with Crippen molar-refractivity contribution in [1.82, 2.24) is 0 Å². The molecule has 0 amide bonds. The SMILES string of the molecule is CCCCCCCCCCCc1ccc(S(=O)(=O)[O-])cc1.CCCCCCCCCCCc1ccc(S(=O)(=O)[O-])cc1.[Ba+2]. The zero-order valence-electron chi connectivity index (χ0n) is 26.7. The molecule has 2 rings (SSSR count). The molecular weight excluding hydrogens is 706 g/mol. The van der Waals surface area contributed by atoms with Crippen molar-refractivity contribution >= 4 is 69.1 Å². The zero-order valence-corrected chi connectivity index (χ0v) is 32.8. The number of aryl methyl sites for hydroxylation is 2. The van der Waals surface area contributed by atoms with Gasteiger partial charge in [-0.25, -0.2) is 16.8 Å². The molecule has 0 saturated carbocycles. The van der Waals surface area contributed by atoms with Crippen LogP contribution in [0.3, 0.4) is 0 Å². The molecule has 0 saturated heterocycles. The molecule has 0 unspecified atom stereocenters. The third-order valence-corrected chi connectivity index (χ3v) is 9.26. The fourth-order valence-corrected chi connectivity index (χ4v) is 5.86. The van der Waals surface area contributed by atoms with E-state index in [-0.39, 0.29) is 58.7 Å². The van der Waals surface area contributed by atoms with Crippen LogP contribution in [0.2, 0.25) is 0 Å². The first-order valence-electron chi connectivity index (χ1n) is 16.2. The van der Waals surface area contributed by atoms with Gasteiger partial charge in [-0.05, 0) is 61.1 Å². The minimum absolute atomic E-state index is 0. The van der Waals surface area contributed by atoms with Crippen LogP contribution in [0.4, 0.5) is 0 Å². The fourth-order valence-electron chi connectivity index (χ4n) is 4.93. The van der Waals surface area contributed by atoms with Gasteiger partial charge in [-0.15, -0.1) is 0 Å². The minimum atomic E-state index is -4.31. The molecule has 240 valence electrons. The van der Waals surface area contributed by atoms with E-state index in [0.717, 1.165) is 36.8 Å². The Hall–Kier alpha value is -0.169. The topological polar surface area (TPSA) is 114 Å². The van der Waals surface area contributed by atoms with Crippen molar-refractivity contribution in [2.24, 2.45) is 0 Å². The van der Waals surface area contributed by atoms with Gasteiger partial charge in [0.25, 0.3) is 0 Å². The fraction of sp³-hybridized carbons (Fsp3) is 0.647. The van der Waals surface area contributed by atoms with E-state index in [4.69, 9.17) is 0 Å². The van der Waals surface area contributed by atoms with E-state index in [1.807, 2.05) is 0 Å². The predicted molar refractivity (Wildman–Crippen MR) is 176 cm³/mol. The Labute approximate surface area is 303 Å². The molecule has 0 spiro atoms. The van der Waals surface area contributed by atoms with Crippen molar-refractivity contribution in [3.63, 3.8) is 0 Å². The maximum absolute atomic E-state index is 10.8. The molecule has 2 aromatic carbocycles. The maximum Gasteiger partial charge on any atom is 2.00 e. The molecule has 6 nitrogen and oxygen atoms in total. The van der Waals surface area contributed by atoms with Crippen LogP contribution in [0.25, 0.3) is 0 Å². The molecule has 0 bridgehead atoms. The quantitative estimate of drug-likeness (QED) is 0.0673. The van der Waals surface area contributed by atoms with Gasteiger partial charge < -0.3 is 9.11 Å². The summed E-state index contributed by atoms with van der Waals surface area (Å²) in [6, 6.07) is 12.6. The molecule has 43 heavy (non-hydrogen) atoms. The summed E-state index contributed by atoms with van der Waals surface area (Å²) in [6.07, 6.45) is 25.2. The van der Waals surface area contributed by atoms with Gasteiger partial charge in [-0.2, -0.15) is 0 Å². The van der Waals surface area contributed by atoms with E-state index in [1.165, 1.54) is 127 Å². The zero-order chi connectivity index (χ0) is 31.1. The molecule has 0 heterocycles. The summed E-state index contributed by atoms with van der Waals surface area (Å²) >= 11 is 0. The van der Waals surface area contributed by atoms with Gasteiger partial charge in [-0.3, -0.25) is 0 Å². The molecule has 0 aliphatic carbocycles. The van der Waals surface area contributed by atoms with Gasteiger partial charge in [0.2, 0.25) is 0 Å². The molecule has 0 fully saturated rings. The van der Waals surface area contributed by atoms with Crippen molar-refractivity contribution < 1.29 is 25.9 Å². The molecule has 0 aromatic heterocycles. The maximum atomic E-state index is 10.8. The first kappa shape index (κ1) is 42.8. The van der Waals surface area contributed by atoms with Crippen LogP contribution < -0.4 is 0 Å². The summed E-state index contributed by atoms with van der Waals surface area (Å²) < 4.78 is 64.9. The van der Waals surface area contributed by atoms with Gasteiger partial charge in [0, 0.05) is 0 Å². The van der Waals surface area contributed by atoms with E-state index in [9.17, 15) is 25.9 Å². The number of hydrogen-bond donors (Lipinski definition) is 0. The van der Waals surface area contributed by atoms with Crippen molar-refractivity contribution in [3.05, 3.63) is 59.7 Å².